The number of carbonyl (C=O) groups is 1. The number of hydrogen-bond donors (Lipinski definition) is 1. The largest absolute Gasteiger partial charge is 0.341 e. The average molecular weight is 360 g/mol. The molecule has 0 bridgehead atoms. The van der Waals surface area contributed by atoms with Crippen LogP contribution in [0.3, 0.4) is 0 Å². The molecule has 1 aliphatic heterocycles. The van der Waals surface area contributed by atoms with Crippen LogP contribution in [0.25, 0.3) is 0 Å². The number of nitrogens with two attached hydrogens (primary N) is 1. The third-order valence-corrected chi connectivity index (χ3v) is 5.17. The van der Waals surface area contributed by atoms with Crippen molar-refractivity contribution in [3.8, 4) is 0 Å². The van der Waals surface area contributed by atoms with Crippen molar-refractivity contribution in [2.45, 2.75) is 45.2 Å². The quantitative estimate of drug-likeness (QED) is 0.872. The molecule has 0 radical (unpaired) electrons. The van der Waals surface area contributed by atoms with Gasteiger partial charge in [-0.25, -0.2) is 9.07 Å². The van der Waals surface area contributed by atoms with Crippen LogP contribution in [0.2, 0.25) is 0 Å². The Balaban J connectivity index is 1.78. The van der Waals surface area contributed by atoms with Crippen LogP contribution in [0.5, 0.6) is 0 Å². The van der Waals surface area contributed by atoms with E-state index in [-0.39, 0.29) is 17.8 Å². The molecule has 1 aromatic heterocycles. The van der Waals surface area contributed by atoms with Crippen molar-refractivity contribution in [1.29, 1.82) is 0 Å². The van der Waals surface area contributed by atoms with E-state index in [2.05, 4.69) is 15.5 Å². The van der Waals surface area contributed by atoms with Gasteiger partial charge in [-0.1, -0.05) is 12.1 Å². The summed E-state index contributed by atoms with van der Waals surface area (Å²) in [5, 5.41) is 11.6. The van der Waals surface area contributed by atoms with E-state index in [0.717, 1.165) is 18.4 Å². The highest BCUT2D eigenvalue weighted by Gasteiger charge is 2.32. The highest BCUT2D eigenvalue weighted by Crippen LogP contribution is 2.24. The summed E-state index contributed by atoms with van der Waals surface area (Å²) in [6.07, 6.45) is 2.22. The van der Waals surface area contributed by atoms with Gasteiger partial charge in [0.05, 0.1) is 0 Å². The molecule has 8 heteroatoms. The molecule has 0 spiro atoms. The van der Waals surface area contributed by atoms with Gasteiger partial charge in [0.15, 0.2) is 0 Å². The molecule has 1 amide bonds. The van der Waals surface area contributed by atoms with E-state index < -0.39 is 6.04 Å². The first-order valence-electron chi connectivity index (χ1n) is 8.99. The van der Waals surface area contributed by atoms with Gasteiger partial charge in [0, 0.05) is 25.6 Å². The molecule has 1 fully saturated rings. The fraction of sp³-hybridized carbons (Fsp3) is 0.556. The van der Waals surface area contributed by atoms with Crippen LogP contribution in [0.4, 0.5) is 4.39 Å². The van der Waals surface area contributed by atoms with Crippen LogP contribution in [-0.2, 0) is 11.2 Å². The van der Waals surface area contributed by atoms with E-state index in [9.17, 15) is 9.18 Å². The Kier molecular flexibility index (Phi) is 5.61. The molecule has 0 aliphatic carbocycles. The predicted octanol–water partition coefficient (Wildman–Crippen LogP) is 1.49. The molecule has 140 valence electrons. The first kappa shape index (κ1) is 18.4. The minimum absolute atomic E-state index is 0.00662. The molecule has 3 rings (SSSR count). The number of amides is 1. The SMILES string of the molecule is Cc1nnnn1C(Cc1ccc(F)cc1)C(=O)N1CCC(C(C)N)CC1. The summed E-state index contributed by atoms with van der Waals surface area (Å²) in [7, 11) is 0. The van der Waals surface area contributed by atoms with Crippen molar-refractivity contribution in [1.82, 2.24) is 25.1 Å². The van der Waals surface area contributed by atoms with Gasteiger partial charge in [-0.15, -0.1) is 5.10 Å². The van der Waals surface area contributed by atoms with Gasteiger partial charge in [0.2, 0.25) is 5.91 Å². The third kappa shape index (κ3) is 4.07. The topological polar surface area (TPSA) is 89.9 Å². The van der Waals surface area contributed by atoms with Crippen molar-refractivity contribution in [3.63, 3.8) is 0 Å². The number of tetrazole rings is 1. The number of aryl methyl sites for hydroxylation is 1. The summed E-state index contributed by atoms with van der Waals surface area (Å²) in [5.74, 6) is 0.723. The van der Waals surface area contributed by atoms with Gasteiger partial charge in [-0.3, -0.25) is 4.79 Å². The van der Waals surface area contributed by atoms with Gasteiger partial charge < -0.3 is 10.6 Å². The number of hydrogen-bond acceptors (Lipinski definition) is 5. The minimum Gasteiger partial charge on any atom is -0.341 e. The summed E-state index contributed by atoms with van der Waals surface area (Å²) in [5.41, 5.74) is 6.86. The van der Waals surface area contributed by atoms with Crippen molar-refractivity contribution >= 4 is 5.91 Å². The van der Waals surface area contributed by atoms with Crippen molar-refractivity contribution < 1.29 is 9.18 Å². The van der Waals surface area contributed by atoms with Crippen molar-refractivity contribution in [2.24, 2.45) is 11.7 Å². The Labute approximate surface area is 152 Å². The summed E-state index contributed by atoms with van der Waals surface area (Å²) < 4.78 is 14.7. The zero-order valence-electron chi connectivity index (χ0n) is 15.2. The molecule has 1 saturated heterocycles. The zero-order chi connectivity index (χ0) is 18.7. The number of carbonyl (C=O) groups excluding carboxylic acids is 1. The molecule has 7 nitrogen and oxygen atoms in total. The summed E-state index contributed by atoms with van der Waals surface area (Å²) in [6, 6.07) is 5.79. The van der Waals surface area contributed by atoms with Crippen LogP contribution in [-0.4, -0.2) is 50.1 Å². The van der Waals surface area contributed by atoms with Crippen LogP contribution < -0.4 is 5.73 Å². The van der Waals surface area contributed by atoms with E-state index in [4.69, 9.17) is 5.73 Å². The van der Waals surface area contributed by atoms with E-state index in [1.54, 1.807) is 23.7 Å². The second-order valence-corrected chi connectivity index (χ2v) is 7.04. The molecular weight excluding hydrogens is 335 g/mol. The Bertz CT molecular complexity index is 736. The maximum atomic E-state index is 13.2. The molecule has 2 aromatic rings. The average Bonchev–Trinajstić information content (AvgIpc) is 3.06. The second-order valence-electron chi connectivity index (χ2n) is 7.04. The normalized spacial score (nSPS) is 17.9. The van der Waals surface area contributed by atoms with Crippen molar-refractivity contribution in [3.05, 3.63) is 41.5 Å². The number of likely N-dealkylation sites (tertiary alicyclic amines) is 1. The van der Waals surface area contributed by atoms with E-state index in [0.29, 0.717) is 31.3 Å². The summed E-state index contributed by atoms with van der Waals surface area (Å²) in [4.78, 5) is 15.1. The maximum Gasteiger partial charge on any atom is 0.247 e. The molecule has 2 atom stereocenters. The number of piperidine rings is 1. The lowest BCUT2D eigenvalue weighted by Crippen LogP contribution is -2.46. The Morgan fingerprint density at radius 3 is 2.50 bits per heavy atom. The first-order valence-corrected chi connectivity index (χ1v) is 8.99. The fourth-order valence-electron chi connectivity index (χ4n) is 3.50. The highest BCUT2D eigenvalue weighted by atomic mass is 19.1. The highest BCUT2D eigenvalue weighted by molar-refractivity contribution is 5.80. The van der Waals surface area contributed by atoms with E-state index >= 15 is 0 Å². The Hall–Kier alpha value is -2.35. The minimum atomic E-state index is -0.540. The van der Waals surface area contributed by atoms with E-state index in [1.165, 1.54) is 12.1 Å². The fourth-order valence-corrected chi connectivity index (χ4v) is 3.50. The van der Waals surface area contributed by atoms with Gasteiger partial charge >= 0.3 is 0 Å². The number of halogens is 1. The van der Waals surface area contributed by atoms with Crippen LogP contribution in [0.15, 0.2) is 24.3 Å². The van der Waals surface area contributed by atoms with Crippen LogP contribution in [0.1, 0.15) is 37.2 Å². The second kappa shape index (κ2) is 7.90. The van der Waals surface area contributed by atoms with E-state index in [1.807, 2.05) is 11.8 Å². The lowest BCUT2D eigenvalue weighted by atomic mass is 9.90. The molecule has 1 aliphatic rings. The number of nitrogens with zero attached hydrogens (tertiary/aromatic N) is 5. The van der Waals surface area contributed by atoms with Crippen molar-refractivity contribution in [2.75, 3.05) is 13.1 Å². The third-order valence-electron chi connectivity index (χ3n) is 5.17. The molecule has 1 aromatic carbocycles. The zero-order valence-corrected chi connectivity index (χ0v) is 15.2. The smallest absolute Gasteiger partial charge is 0.247 e. The molecule has 26 heavy (non-hydrogen) atoms. The van der Waals surface area contributed by atoms with Gasteiger partial charge in [0.25, 0.3) is 0 Å². The molecule has 2 unspecified atom stereocenters. The molecule has 2 N–H and O–H groups in total. The number of benzene rings is 1. The molecule has 0 saturated carbocycles. The van der Waals surface area contributed by atoms with Gasteiger partial charge in [0.1, 0.15) is 17.7 Å². The number of rotatable bonds is 5. The standard InChI is InChI=1S/C18H25FN6O/c1-12(20)15-7-9-24(10-8-15)18(26)17(25-13(2)21-22-23-25)11-14-3-5-16(19)6-4-14/h3-6,12,15,17H,7-11,20H2,1-2H3. The number of aromatic nitrogens is 4. The first-order chi connectivity index (χ1) is 12.5. The van der Waals surface area contributed by atoms with Crippen LogP contribution in [0, 0.1) is 18.7 Å². The Morgan fingerprint density at radius 2 is 1.96 bits per heavy atom. The summed E-state index contributed by atoms with van der Waals surface area (Å²) >= 11 is 0. The lowest BCUT2D eigenvalue weighted by molar-refractivity contribution is -0.136. The monoisotopic (exact) mass is 360 g/mol. The Morgan fingerprint density at radius 1 is 1.31 bits per heavy atom. The van der Waals surface area contributed by atoms with Crippen LogP contribution >= 0.6 is 0 Å². The molecular formula is C18H25FN6O. The van der Waals surface area contributed by atoms with Gasteiger partial charge in [-0.2, -0.15) is 0 Å². The predicted molar refractivity (Wildman–Crippen MR) is 94.6 cm³/mol. The maximum absolute atomic E-state index is 13.2. The molecule has 2 heterocycles. The summed E-state index contributed by atoms with van der Waals surface area (Å²) in [6.45, 7) is 5.16. The lowest BCUT2D eigenvalue weighted by Gasteiger charge is -2.35. The van der Waals surface area contributed by atoms with Gasteiger partial charge in [-0.05, 0) is 60.7 Å².